The molecule has 1 aromatic carbocycles. The zero-order valence-electron chi connectivity index (χ0n) is 15.0. The molecule has 2 aromatic rings. The van der Waals surface area contributed by atoms with Crippen LogP contribution in [0.15, 0.2) is 42.6 Å². The predicted molar refractivity (Wildman–Crippen MR) is 96.9 cm³/mol. The van der Waals surface area contributed by atoms with Gasteiger partial charge in [-0.15, -0.1) is 0 Å². The number of aryl methyl sites for hydroxylation is 1. The molecule has 0 atom stereocenters. The van der Waals surface area contributed by atoms with E-state index in [0.29, 0.717) is 5.56 Å². The summed E-state index contributed by atoms with van der Waals surface area (Å²) in [5.74, 6) is 0. The van der Waals surface area contributed by atoms with Gasteiger partial charge in [-0.05, 0) is 44.1 Å². The van der Waals surface area contributed by atoms with E-state index in [-0.39, 0.29) is 5.69 Å². The molecule has 140 valence electrons. The lowest BCUT2D eigenvalue weighted by atomic mass is 10.0. The maximum Gasteiger partial charge on any atom is 0.418 e. The van der Waals surface area contributed by atoms with Crippen LogP contribution in [0.25, 0.3) is 11.3 Å². The molecule has 3 rings (SSSR count). The molecule has 0 radical (unpaired) electrons. The number of nitrogens with zero attached hydrogens (tertiary/aromatic N) is 3. The van der Waals surface area contributed by atoms with E-state index in [2.05, 4.69) is 21.8 Å². The van der Waals surface area contributed by atoms with E-state index in [1.165, 1.54) is 12.3 Å². The first-order chi connectivity index (χ1) is 12.4. The van der Waals surface area contributed by atoms with Crippen molar-refractivity contribution in [3.63, 3.8) is 0 Å². The third-order valence-corrected chi connectivity index (χ3v) is 4.88. The third-order valence-electron chi connectivity index (χ3n) is 4.88. The van der Waals surface area contributed by atoms with Gasteiger partial charge < -0.3 is 9.80 Å². The second kappa shape index (κ2) is 8.18. The molecular formula is C20H24F3N3. The fourth-order valence-corrected chi connectivity index (χ4v) is 3.27. The number of hydrogen-bond acceptors (Lipinski definition) is 3. The summed E-state index contributed by atoms with van der Waals surface area (Å²) in [5.41, 5.74) is 0.944. The topological polar surface area (TPSA) is 19.4 Å². The van der Waals surface area contributed by atoms with Crippen LogP contribution in [0.5, 0.6) is 0 Å². The monoisotopic (exact) mass is 363 g/mol. The Morgan fingerprint density at radius 2 is 1.69 bits per heavy atom. The zero-order valence-corrected chi connectivity index (χ0v) is 15.0. The van der Waals surface area contributed by atoms with Crippen molar-refractivity contribution in [3.05, 3.63) is 53.7 Å². The van der Waals surface area contributed by atoms with Crippen molar-refractivity contribution in [3.8, 4) is 11.3 Å². The highest BCUT2D eigenvalue weighted by molar-refractivity contribution is 5.64. The van der Waals surface area contributed by atoms with Crippen LogP contribution in [0.3, 0.4) is 0 Å². The first-order valence-corrected chi connectivity index (χ1v) is 8.96. The lowest BCUT2D eigenvalue weighted by Gasteiger charge is -2.32. The summed E-state index contributed by atoms with van der Waals surface area (Å²) in [5, 5.41) is 0. The summed E-state index contributed by atoms with van der Waals surface area (Å²) in [4.78, 5) is 8.75. The Morgan fingerprint density at radius 1 is 1.00 bits per heavy atom. The summed E-state index contributed by atoms with van der Waals surface area (Å²) in [7, 11) is 2.14. The molecule has 1 fully saturated rings. The van der Waals surface area contributed by atoms with Crippen molar-refractivity contribution in [2.75, 3.05) is 39.8 Å². The number of hydrogen-bond donors (Lipinski definition) is 0. The Balaban J connectivity index is 1.59. The normalized spacial score (nSPS) is 16.8. The van der Waals surface area contributed by atoms with Crippen LogP contribution >= 0.6 is 0 Å². The Hall–Kier alpha value is -1.92. The van der Waals surface area contributed by atoms with Gasteiger partial charge in [0, 0.05) is 37.9 Å². The smallest absolute Gasteiger partial charge is 0.304 e. The van der Waals surface area contributed by atoms with Crippen LogP contribution in [0.1, 0.15) is 17.5 Å². The first-order valence-electron chi connectivity index (χ1n) is 8.96. The molecule has 0 amide bonds. The van der Waals surface area contributed by atoms with E-state index in [1.807, 2.05) is 12.1 Å². The highest BCUT2D eigenvalue weighted by atomic mass is 19.4. The van der Waals surface area contributed by atoms with Gasteiger partial charge in [0.15, 0.2) is 0 Å². The Bertz CT molecular complexity index is 705. The van der Waals surface area contributed by atoms with Crippen molar-refractivity contribution >= 4 is 0 Å². The Kier molecular flexibility index (Phi) is 5.94. The number of likely N-dealkylation sites (N-methyl/N-ethyl adjacent to an activating group) is 1. The highest BCUT2D eigenvalue weighted by Gasteiger charge is 2.34. The van der Waals surface area contributed by atoms with Gasteiger partial charge in [-0.1, -0.05) is 24.3 Å². The van der Waals surface area contributed by atoms with Crippen molar-refractivity contribution in [2.45, 2.75) is 19.0 Å². The molecule has 0 N–H and O–H groups in total. The molecule has 6 heteroatoms. The fourth-order valence-electron chi connectivity index (χ4n) is 3.27. The molecule has 26 heavy (non-hydrogen) atoms. The van der Waals surface area contributed by atoms with Crippen molar-refractivity contribution in [1.29, 1.82) is 0 Å². The molecule has 1 aliphatic rings. The lowest BCUT2D eigenvalue weighted by molar-refractivity contribution is -0.137. The van der Waals surface area contributed by atoms with Crippen LogP contribution in [-0.4, -0.2) is 54.6 Å². The van der Waals surface area contributed by atoms with E-state index < -0.39 is 11.7 Å². The van der Waals surface area contributed by atoms with Gasteiger partial charge in [-0.3, -0.25) is 4.98 Å². The van der Waals surface area contributed by atoms with E-state index in [4.69, 9.17) is 0 Å². The third kappa shape index (κ3) is 4.83. The Morgan fingerprint density at radius 3 is 2.35 bits per heavy atom. The van der Waals surface area contributed by atoms with Crippen molar-refractivity contribution in [2.24, 2.45) is 0 Å². The van der Waals surface area contributed by atoms with E-state index in [1.54, 1.807) is 12.1 Å². The molecule has 3 nitrogen and oxygen atoms in total. The second-order valence-electron chi connectivity index (χ2n) is 6.84. The summed E-state index contributed by atoms with van der Waals surface area (Å²) < 4.78 is 39.4. The van der Waals surface area contributed by atoms with Gasteiger partial charge in [0.2, 0.25) is 0 Å². The second-order valence-corrected chi connectivity index (χ2v) is 6.84. The van der Waals surface area contributed by atoms with Crippen LogP contribution in [0.2, 0.25) is 0 Å². The molecule has 0 bridgehead atoms. The summed E-state index contributed by atoms with van der Waals surface area (Å²) in [6.45, 7) is 5.50. The first kappa shape index (κ1) is 18.9. The van der Waals surface area contributed by atoms with Gasteiger partial charge in [0.1, 0.15) is 0 Å². The summed E-state index contributed by atoms with van der Waals surface area (Å²) in [6, 6.07) is 9.69. The molecular weight excluding hydrogens is 339 g/mol. The van der Waals surface area contributed by atoms with Crippen LogP contribution in [0.4, 0.5) is 13.2 Å². The van der Waals surface area contributed by atoms with Crippen LogP contribution in [-0.2, 0) is 12.6 Å². The number of aromatic nitrogens is 1. The highest BCUT2D eigenvalue weighted by Crippen LogP contribution is 2.35. The average molecular weight is 363 g/mol. The number of halogens is 3. The average Bonchev–Trinajstić information content (AvgIpc) is 2.63. The van der Waals surface area contributed by atoms with Gasteiger partial charge in [-0.2, -0.15) is 13.2 Å². The minimum Gasteiger partial charge on any atom is -0.304 e. The molecule has 0 saturated carbocycles. The molecule has 0 aliphatic carbocycles. The van der Waals surface area contributed by atoms with Gasteiger partial charge in [-0.25, -0.2) is 0 Å². The van der Waals surface area contributed by atoms with E-state index in [9.17, 15) is 13.2 Å². The standard InChI is InChI=1S/C20H24F3N3/c1-25-12-14-26(15-13-25)11-3-4-16-6-8-17(9-7-16)19-18(20(21,22)23)5-2-10-24-19/h2,5-10H,3-4,11-15H2,1H3. The molecule has 1 aromatic heterocycles. The van der Waals surface area contributed by atoms with Crippen LogP contribution in [0, 0.1) is 0 Å². The number of benzene rings is 1. The quantitative estimate of drug-likeness (QED) is 0.802. The lowest BCUT2D eigenvalue weighted by Crippen LogP contribution is -2.44. The summed E-state index contributed by atoms with van der Waals surface area (Å²) in [6.07, 6.45) is -1.01. The van der Waals surface area contributed by atoms with Gasteiger partial charge in [0.25, 0.3) is 0 Å². The molecule has 0 spiro atoms. The van der Waals surface area contributed by atoms with E-state index >= 15 is 0 Å². The largest absolute Gasteiger partial charge is 0.418 e. The Labute approximate surface area is 152 Å². The molecule has 0 unspecified atom stereocenters. The number of rotatable bonds is 5. The maximum absolute atomic E-state index is 13.1. The number of pyridine rings is 1. The van der Waals surface area contributed by atoms with Crippen molar-refractivity contribution in [1.82, 2.24) is 14.8 Å². The van der Waals surface area contributed by atoms with Gasteiger partial charge >= 0.3 is 6.18 Å². The predicted octanol–water partition coefficient (Wildman–Crippen LogP) is 3.95. The fraction of sp³-hybridized carbons (Fsp3) is 0.450. The molecule has 1 aliphatic heterocycles. The van der Waals surface area contributed by atoms with Crippen LogP contribution < -0.4 is 0 Å². The zero-order chi connectivity index (χ0) is 18.6. The van der Waals surface area contributed by atoms with E-state index in [0.717, 1.165) is 57.2 Å². The summed E-state index contributed by atoms with van der Waals surface area (Å²) >= 11 is 0. The number of alkyl halides is 3. The van der Waals surface area contributed by atoms with Crippen molar-refractivity contribution < 1.29 is 13.2 Å². The minimum absolute atomic E-state index is 0.0102. The minimum atomic E-state index is -4.40. The molecule has 2 heterocycles. The molecule has 1 saturated heterocycles. The van der Waals surface area contributed by atoms with Gasteiger partial charge in [0.05, 0.1) is 11.3 Å². The SMILES string of the molecule is CN1CCN(CCCc2ccc(-c3ncccc3C(F)(F)F)cc2)CC1. The number of piperazine rings is 1. The maximum atomic E-state index is 13.1.